The van der Waals surface area contributed by atoms with Crippen molar-refractivity contribution in [1.82, 2.24) is 0 Å². The van der Waals surface area contributed by atoms with Crippen LogP contribution in [0.2, 0.25) is 0 Å². The third-order valence-corrected chi connectivity index (χ3v) is 3.55. The average Bonchev–Trinajstić information content (AvgIpc) is 2.50. The number of ether oxygens (including phenoxy) is 1. The molecule has 0 unspecified atom stereocenters. The van der Waals surface area contributed by atoms with E-state index in [1.54, 1.807) is 12.1 Å². The number of hydrogen-bond donors (Lipinski definition) is 1. The average molecular weight is 306 g/mol. The molecule has 0 bridgehead atoms. The van der Waals surface area contributed by atoms with Crippen LogP contribution in [0.4, 0.5) is 13.2 Å². The highest BCUT2D eigenvalue weighted by Crippen LogP contribution is 2.33. The molecule has 1 aliphatic carbocycles. The zero-order valence-electron chi connectivity index (χ0n) is 11.4. The van der Waals surface area contributed by atoms with Crippen LogP contribution in [0.25, 0.3) is 6.08 Å². The second kappa shape index (κ2) is 5.50. The molecule has 114 valence electrons. The molecule has 0 fully saturated rings. The molecule has 0 heterocycles. The van der Waals surface area contributed by atoms with Crippen LogP contribution in [-0.4, -0.2) is 11.2 Å². The van der Waals surface area contributed by atoms with Gasteiger partial charge < -0.3 is 9.84 Å². The Morgan fingerprint density at radius 3 is 2.32 bits per heavy atom. The third kappa shape index (κ3) is 2.85. The van der Waals surface area contributed by atoms with Crippen LogP contribution in [0.5, 0.6) is 5.75 Å². The van der Waals surface area contributed by atoms with Gasteiger partial charge in [0.2, 0.25) is 0 Å². The van der Waals surface area contributed by atoms with Gasteiger partial charge in [0.25, 0.3) is 0 Å². The van der Waals surface area contributed by atoms with Crippen molar-refractivity contribution in [2.24, 2.45) is 0 Å². The van der Waals surface area contributed by atoms with Crippen LogP contribution in [0.1, 0.15) is 22.8 Å². The molecule has 2 nitrogen and oxygen atoms in total. The van der Waals surface area contributed by atoms with E-state index in [0.29, 0.717) is 0 Å². The summed E-state index contributed by atoms with van der Waals surface area (Å²) in [5.41, 5.74) is 0.911. The smallest absolute Gasteiger partial charge is 0.416 e. The Labute approximate surface area is 125 Å². The van der Waals surface area contributed by atoms with Crippen molar-refractivity contribution in [3.05, 3.63) is 71.3 Å². The topological polar surface area (TPSA) is 29.5 Å². The number of alkyl halides is 3. The van der Waals surface area contributed by atoms with Crippen LogP contribution < -0.4 is 4.74 Å². The molecule has 0 spiro atoms. The summed E-state index contributed by atoms with van der Waals surface area (Å²) in [6.45, 7) is 0. The van der Waals surface area contributed by atoms with Crippen LogP contribution in [-0.2, 0) is 6.18 Å². The molecular weight excluding hydrogens is 293 g/mol. The maximum Gasteiger partial charge on any atom is 0.416 e. The fourth-order valence-electron chi connectivity index (χ4n) is 2.40. The predicted molar refractivity (Wildman–Crippen MR) is 76.3 cm³/mol. The molecule has 5 heteroatoms. The summed E-state index contributed by atoms with van der Waals surface area (Å²) in [6, 6.07) is 11.8. The summed E-state index contributed by atoms with van der Waals surface area (Å²) in [6.07, 6.45) is -2.33. The summed E-state index contributed by atoms with van der Waals surface area (Å²) < 4.78 is 43.1. The van der Waals surface area contributed by atoms with E-state index in [1.165, 1.54) is 12.1 Å². The summed E-state index contributed by atoms with van der Waals surface area (Å²) in [5, 5.41) is 10.3. The van der Waals surface area contributed by atoms with Gasteiger partial charge in [-0.1, -0.05) is 30.3 Å². The molecule has 22 heavy (non-hydrogen) atoms. The van der Waals surface area contributed by atoms with Gasteiger partial charge in [-0.05, 0) is 41.5 Å². The van der Waals surface area contributed by atoms with Gasteiger partial charge in [0.05, 0.1) is 5.56 Å². The van der Waals surface area contributed by atoms with Crippen molar-refractivity contribution in [2.75, 3.05) is 0 Å². The molecule has 0 saturated carbocycles. The van der Waals surface area contributed by atoms with E-state index in [1.807, 2.05) is 24.3 Å². The lowest BCUT2D eigenvalue weighted by Gasteiger charge is -2.26. The Balaban J connectivity index is 1.77. The Morgan fingerprint density at radius 2 is 1.64 bits per heavy atom. The molecular formula is C17H13F3O2. The lowest BCUT2D eigenvalue weighted by Crippen LogP contribution is -2.26. The molecule has 0 amide bonds. The van der Waals surface area contributed by atoms with Crippen molar-refractivity contribution in [1.29, 1.82) is 0 Å². The van der Waals surface area contributed by atoms with Crippen molar-refractivity contribution in [3.8, 4) is 5.75 Å². The lowest BCUT2D eigenvalue weighted by molar-refractivity contribution is -0.137. The van der Waals surface area contributed by atoms with Crippen molar-refractivity contribution < 1.29 is 23.0 Å². The molecule has 2 aromatic carbocycles. The molecule has 2 atom stereocenters. The summed E-state index contributed by atoms with van der Waals surface area (Å²) in [7, 11) is 0. The van der Waals surface area contributed by atoms with Gasteiger partial charge >= 0.3 is 6.18 Å². The van der Waals surface area contributed by atoms with E-state index >= 15 is 0 Å². The fourth-order valence-corrected chi connectivity index (χ4v) is 2.40. The molecule has 0 saturated heterocycles. The van der Waals surface area contributed by atoms with Crippen molar-refractivity contribution in [3.63, 3.8) is 0 Å². The third-order valence-electron chi connectivity index (χ3n) is 3.55. The van der Waals surface area contributed by atoms with E-state index in [2.05, 4.69) is 0 Å². The van der Waals surface area contributed by atoms with E-state index < -0.39 is 23.9 Å². The highest BCUT2D eigenvalue weighted by molar-refractivity contribution is 5.58. The summed E-state index contributed by atoms with van der Waals surface area (Å²) in [4.78, 5) is 0. The normalized spacial score (nSPS) is 20.5. The Morgan fingerprint density at radius 1 is 0.955 bits per heavy atom. The first kappa shape index (κ1) is 14.7. The second-order valence-corrected chi connectivity index (χ2v) is 5.04. The van der Waals surface area contributed by atoms with Crippen molar-refractivity contribution in [2.45, 2.75) is 18.4 Å². The molecule has 1 aliphatic rings. The maximum absolute atomic E-state index is 12.5. The monoisotopic (exact) mass is 306 g/mol. The van der Waals surface area contributed by atoms with Gasteiger partial charge in [0.1, 0.15) is 18.0 Å². The number of benzene rings is 2. The van der Waals surface area contributed by atoms with Crippen LogP contribution >= 0.6 is 0 Å². The van der Waals surface area contributed by atoms with E-state index in [0.717, 1.165) is 23.3 Å². The number of rotatable bonds is 2. The second-order valence-electron chi connectivity index (χ2n) is 5.04. The fraction of sp³-hybridized carbons (Fsp3) is 0.176. The molecule has 0 aliphatic heterocycles. The predicted octanol–water partition coefficient (Wildman–Crippen LogP) is 4.21. The Bertz CT molecular complexity index is 690. The standard InChI is InChI=1S/C17H13F3O2/c18-17(19,20)12-6-8-13(9-7-12)22-15-10-5-11-3-1-2-4-14(11)16(15)21/h1-10,15-16,21H/t15-,16-/m1/s1. The zero-order chi connectivity index (χ0) is 15.7. The first-order valence-corrected chi connectivity index (χ1v) is 6.74. The van der Waals surface area contributed by atoms with Gasteiger partial charge in [-0.3, -0.25) is 0 Å². The van der Waals surface area contributed by atoms with Gasteiger partial charge in [-0.2, -0.15) is 13.2 Å². The molecule has 0 radical (unpaired) electrons. The summed E-state index contributed by atoms with van der Waals surface area (Å²) in [5.74, 6) is 0.279. The maximum atomic E-state index is 12.5. The molecule has 2 aromatic rings. The van der Waals surface area contributed by atoms with E-state index in [-0.39, 0.29) is 5.75 Å². The highest BCUT2D eigenvalue weighted by Gasteiger charge is 2.30. The van der Waals surface area contributed by atoms with Gasteiger partial charge in [0.15, 0.2) is 0 Å². The van der Waals surface area contributed by atoms with Gasteiger partial charge in [-0.25, -0.2) is 0 Å². The minimum absolute atomic E-state index is 0.279. The summed E-state index contributed by atoms with van der Waals surface area (Å²) >= 11 is 0. The molecule has 0 aromatic heterocycles. The van der Waals surface area contributed by atoms with Crippen LogP contribution in [0.3, 0.4) is 0 Å². The number of aliphatic hydroxyl groups is 1. The SMILES string of the molecule is O[C@@H]1c2ccccc2C=C[C@H]1Oc1ccc(C(F)(F)F)cc1. The van der Waals surface area contributed by atoms with Gasteiger partial charge in [0, 0.05) is 0 Å². The number of hydrogen-bond acceptors (Lipinski definition) is 2. The first-order valence-electron chi connectivity index (χ1n) is 6.74. The number of fused-ring (bicyclic) bond motifs is 1. The van der Waals surface area contributed by atoms with Crippen molar-refractivity contribution >= 4 is 6.08 Å². The van der Waals surface area contributed by atoms with Crippen LogP contribution in [0.15, 0.2) is 54.6 Å². The van der Waals surface area contributed by atoms with Crippen LogP contribution in [0, 0.1) is 0 Å². The number of aliphatic hydroxyl groups excluding tert-OH is 1. The first-order chi connectivity index (χ1) is 10.4. The largest absolute Gasteiger partial charge is 0.483 e. The minimum Gasteiger partial charge on any atom is -0.483 e. The minimum atomic E-state index is -4.37. The molecule has 3 rings (SSSR count). The van der Waals surface area contributed by atoms with E-state index in [4.69, 9.17) is 4.74 Å². The Hall–Kier alpha value is -2.27. The lowest BCUT2D eigenvalue weighted by atomic mass is 9.93. The quantitative estimate of drug-likeness (QED) is 0.900. The molecule has 1 N–H and O–H groups in total. The number of halogens is 3. The highest BCUT2D eigenvalue weighted by atomic mass is 19.4. The van der Waals surface area contributed by atoms with E-state index in [9.17, 15) is 18.3 Å². The zero-order valence-corrected chi connectivity index (χ0v) is 11.4. The van der Waals surface area contributed by atoms with Gasteiger partial charge in [-0.15, -0.1) is 0 Å². The Kier molecular flexibility index (Phi) is 3.66.